The zero-order chi connectivity index (χ0) is 21.2. The van der Waals surface area contributed by atoms with Crippen LogP contribution in [0.2, 0.25) is 0 Å². The van der Waals surface area contributed by atoms with Gasteiger partial charge in [-0.1, -0.05) is 12.1 Å². The van der Waals surface area contributed by atoms with Crippen LogP contribution in [0.4, 0.5) is 10.5 Å². The Morgan fingerprint density at radius 2 is 1.66 bits per heavy atom. The number of amides is 3. The van der Waals surface area contributed by atoms with Crippen LogP contribution in [0, 0.1) is 0 Å². The minimum Gasteiger partial charge on any atom is -0.497 e. The first-order chi connectivity index (χ1) is 13.9. The van der Waals surface area contributed by atoms with Crippen LogP contribution >= 0.6 is 0 Å². The van der Waals surface area contributed by atoms with Gasteiger partial charge in [-0.3, -0.25) is 4.79 Å². The van der Waals surface area contributed by atoms with Gasteiger partial charge < -0.3 is 30.3 Å². The molecule has 0 bridgehead atoms. The largest absolute Gasteiger partial charge is 0.497 e. The molecule has 3 amide bonds. The summed E-state index contributed by atoms with van der Waals surface area (Å²) in [6.07, 6.45) is 0. The lowest BCUT2D eigenvalue weighted by atomic mass is 10.1. The predicted octanol–water partition coefficient (Wildman–Crippen LogP) is 2.32. The molecule has 8 nitrogen and oxygen atoms in total. The van der Waals surface area contributed by atoms with Crippen molar-refractivity contribution in [3.05, 3.63) is 53.6 Å². The molecule has 0 atom stereocenters. The first kappa shape index (κ1) is 22.0. The third-order valence-electron chi connectivity index (χ3n) is 4.10. The Morgan fingerprint density at radius 1 is 0.966 bits per heavy atom. The Balaban J connectivity index is 1.91. The molecule has 0 saturated carbocycles. The number of carbonyl (C=O) groups is 2. The maximum absolute atomic E-state index is 12.2. The van der Waals surface area contributed by atoms with Gasteiger partial charge in [-0.15, -0.1) is 0 Å². The predicted molar refractivity (Wildman–Crippen MR) is 113 cm³/mol. The van der Waals surface area contributed by atoms with Gasteiger partial charge in [0.1, 0.15) is 11.5 Å². The Hall–Kier alpha value is -3.26. The van der Waals surface area contributed by atoms with Gasteiger partial charge in [0.05, 0.1) is 14.2 Å². The number of carbonyl (C=O) groups excluding carboxylic acids is 2. The van der Waals surface area contributed by atoms with E-state index in [1.54, 1.807) is 50.6 Å². The SMILES string of the molecule is COc1cc(NC(=O)NCc2cccc(C(=O)NCCN(C)C)c2)cc(OC)c1. The molecule has 29 heavy (non-hydrogen) atoms. The number of nitrogens with zero attached hydrogens (tertiary/aromatic N) is 1. The maximum Gasteiger partial charge on any atom is 0.319 e. The number of nitrogens with one attached hydrogen (secondary N) is 3. The molecule has 3 N–H and O–H groups in total. The van der Waals surface area contributed by atoms with E-state index in [1.165, 1.54) is 0 Å². The minimum absolute atomic E-state index is 0.137. The van der Waals surface area contributed by atoms with Crippen molar-refractivity contribution in [3.63, 3.8) is 0 Å². The molecular weight excluding hydrogens is 372 g/mol. The summed E-state index contributed by atoms with van der Waals surface area (Å²) in [5.74, 6) is 1.02. The molecule has 2 aromatic carbocycles. The molecule has 0 aliphatic carbocycles. The summed E-state index contributed by atoms with van der Waals surface area (Å²) < 4.78 is 10.4. The second-order valence-electron chi connectivity index (χ2n) is 6.67. The third kappa shape index (κ3) is 7.34. The third-order valence-corrected chi connectivity index (χ3v) is 4.10. The molecule has 156 valence electrons. The smallest absolute Gasteiger partial charge is 0.319 e. The van der Waals surface area contributed by atoms with Gasteiger partial charge >= 0.3 is 6.03 Å². The normalized spacial score (nSPS) is 10.4. The van der Waals surface area contributed by atoms with Gasteiger partial charge in [0.25, 0.3) is 5.91 Å². The van der Waals surface area contributed by atoms with Crippen LogP contribution in [-0.4, -0.2) is 58.2 Å². The number of ether oxygens (including phenoxy) is 2. The van der Waals surface area contributed by atoms with E-state index in [-0.39, 0.29) is 18.5 Å². The molecule has 2 rings (SSSR count). The molecule has 0 saturated heterocycles. The van der Waals surface area contributed by atoms with Crippen molar-refractivity contribution in [2.75, 3.05) is 46.7 Å². The summed E-state index contributed by atoms with van der Waals surface area (Å²) in [4.78, 5) is 26.4. The van der Waals surface area contributed by atoms with Gasteiger partial charge in [0.2, 0.25) is 0 Å². The average Bonchev–Trinajstić information content (AvgIpc) is 2.71. The minimum atomic E-state index is -0.374. The highest BCUT2D eigenvalue weighted by atomic mass is 16.5. The van der Waals surface area contributed by atoms with E-state index in [9.17, 15) is 9.59 Å². The number of rotatable bonds is 9. The van der Waals surface area contributed by atoms with E-state index in [1.807, 2.05) is 25.1 Å². The number of anilines is 1. The number of benzene rings is 2. The number of hydrogen-bond acceptors (Lipinski definition) is 5. The molecule has 0 aliphatic rings. The molecule has 0 unspecified atom stereocenters. The van der Waals surface area contributed by atoms with E-state index >= 15 is 0 Å². The van der Waals surface area contributed by atoms with E-state index in [0.717, 1.165) is 12.1 Å². The highest BCUT2D eigenvalue weighted by molar-refractivity contribution is 5.94. The molecule has 8 heteroatoms. The van der Waals surface area contributed by atoms with Crippen LogP contribution in [0.1, 0.15) is 15.9 Å². The van der Waals surface area contributed by atoms with Crippen molar-refractivity contribution in [2.24, 2.45) is 0 Å². The van der Waals surface area contributed by atoms with Gasteiger partial charge in [-0.25, -0.2) is 4.79 Å². The Bertz CT molecular complexity index is 817. The van der Waals surface area contributed by atoms with Crippen LogP contribution in [0.3, 0.4) is 0 Å². The lowest BCUT2D eigenvalue weighted by Crippen LogP contribution is -2.31. The number of hydrogen-bond donors (Lipinski definition) is 3. The van der Waals surface area contributed by atoms with Crippen molar-refractivity contribution in [2.45, 2.75) is 6.54 Å². The van der Waals surface area contributed by atoms with Gasteiger partial charge in [-0.2, -0.15) is 0 Å². The lowest BCUT2D eigenvalue weighted by Gasteiger charge is -2.12. The average molecular weight is 400 g/mol. The summed E-state index contributed by atoms with van der Waals surface area (Å²) in [6, 6.07) is 11.9. The maximum atomic E-state index is 12.2. The van der Waals surface area contributed by atoms with Crippen LogP contribution in [-0.2, 0) is 6.54 Å². The molecule has 0 heterocycles. The molecule has 0 aromatic heterocycles. The van der Waals surface area contributed by atoms with Gasteiger partial charge in [0.15, 0.2) is 0 Å². The second-order valence-corrected chi connectivity index (χ2v) is 6.67. The standard InChI is InChI=1S/C21H28N4O4/c1-25(2)9-8-22-20(26)16-7-5-6-15(10-16)14-23-21(27)24-17-11-18(28-3)13-19(12-17)29-4/h5-7,10-13H,8-9,14H2,1-4H3,(H,22,26)(H2,23,24,27). The van der Waals surface area contributed by atoms with Crippen LogP contribution < -0.4 is 25.4 Å². The molecule has 0 aliphatic heterocycles. The first-order valence-corrected chi connectivity index (χ1v) is 9.21. The van der Waals surface area contributed by atoms with Gasteiger partial charge in [-0.05, 0) is 31.8 Å². The summed E-state index contributed by atoms with van der Waals surface area (Å²) in [5, 5.41) is 8.39. The van der Waals surface area contributed by atoms with E-state index in [0.29, 0.717) is 29.3 Å². The Morgan fingerprint density at radius 3 is 2.28 bits per heavy atom. The highest BCUT2D eigenvalue weighted by Gasteiger charge is 2.08. The fourth-order valence-electron chi connectivity index (χ4n) is 2.55. The fourth-order valence-corrected chi connectivity index (χ4v) is 2.55. The summed E-state index contributed by atoms with van der Waals surface area (Å²) in [6.45, 7) is 1.62. The monoisotopic (exact) mass is 400 g/mol. The number of urea groups is 1. The summed E-state index contributed by atoms with van der Waals surface area (Å²) in [7, 11) is 6.99. The van der Waals surface area contributed by atoms with Crippen molar-refractivity contribution in [3.8, 4) is 11.5 Å². The van der Waals surface area contributed by atoms with Crippen LogP contribution in [0.15, 0.2) is 42.5 Å². The van der Waals surface area contributed by atoms with E-state index in [2.05, 4.69) is 16.0 Å². The second kappa shape index (κ2) is 10.9. The van der Waals surface area contributed by atoms with Crippen molar-refractivity contribution < 1.29 is 19.1 Å². The molecule has 0 spiro atoms. The molecular formula is C21H28N4O4. The summed E-state index contributed by atoms with van der Waals surface area (Å²) in [5.41, 5.74) is 1.93. The van der Waals surface area contributed by atoms with Crippen LogP contribution in [0.25, 0.3) is 0 Å². The van der Waals surface area contributed by atoms with E-state index in [4.69, 9.17) is 9.47 Å². The molecule has 0 radical (unpaired) electrons. The van der Waals surface area contributed by atoms with Crippen molar-refractivity contribution in [1.82, 2.24) is 15.5 Å². The topological polar surface area (TPSA) is 91.9 Å². The van der Waals surface area contributed by atoms with Crippen LogP contribution in [0.5, 0.6) is 11.5 Å². The number of methoxy groups -OCH3 is 2. The molecule has 0 fully saturated rings. The zero-order valence-corrected chi connectivity index (χ0v) is 17.2. The number of likely N-dealkylation sites (N-methyl/N-ethyl adjacent to an activating group) is 1. The Kier molecular flexibility index (Phi) is 8.29. The van der Waals surface area contributed by atoms with Gasteiger partial charge in [0, 0.05) is 49.1 Å². The quantitative estimate of drug-likeness (QED) is 0.601. The van der Waals surface area contributed by atoms with Crippen molar-refractivity contribution in [1.29, 1.82) is 0 Å². The van der Waals surface area contributed by atoms with Crippen molar-refractivity contribution >= 4 is 17.6 Å². The fraction of sp³-hybridized carbons (Fsp3) is 0.333. The zero-order valence-electron chi connectivity index (χ0n) is 17.2. The molecule has 2 aromatic rings. The first-order valence-electron chi connectivity index (χ1n) is 9.21. The summed E-state index contributed by atoms with van der Waals surface area (Å²) >= 11 is 0. The van der Waals surface area contributed by atoms with E-state index < -0.39 is 0 Å². The Labute approximate surface area is 171 Å². The highest BCUT2D eigenvalue weighted by Crippen LogP contribution is 2.25. The lowest BCUT2D eigenvalue weighted by molar-refractivity contribution is 0.0951.